The predicted octanol–water partition coefficient (Wildman–Crippen LogP) is 3.23. The normalized spacial score (nSPS) is 10.9. The Hall–Kier alpha value is -2.32. The molecule has 0 atom stereocenters. The van der Waals surface area contributed by atoms with Crippen LogP contribution in [0.2, 0.25) is 0 Å². The Kier molecular flexibility index (Phi) is 4.29. The lowest BCUT2D eigenvalue weighted by Gasteiger charge is -2.10. The molecule has 5 heteroatoms. The molecule has 0 aromatic heterocycles. The highest BCUT2D eigenvalue weighted by Crippen LogP contribution is 2.19. The van der Waals surface area contributed by atoms with E-state index in [0.717, 1.165) is 12.0 Å². The van der Waals surface area contributed by atoms with Crippen LogP contribution in [0.5, 0.6) is 0 Å². The fraction of sp³-hybridized carbons (Fsp3) is 0.188. The van der Waals surface area contributed by atoms with Gasteiger partial charge in [0.05, 0.1) is 16.5 Å². The van der Waals surface area contributed by atoms with Crippen LogP contribution < -0.4 is 4.72 Å². The van der Waals surface area contributed by atoms with Crippen molar-refractivity contribution in [2.24, 2.45) is 0 Å². The number of aryl methyl sites for hydroxylation is 2. The maximum atomic E-state index is 12.4. The number of hydrogen-bond donors (Lipinski definition) is 1. The third-order valence-electron chi connectivity index (χ3n) is 3.22. The van der Waals surface area contributed by atoms with Gasteiger partial charge < -0.3 is 0 Å². The summed E-state index contributed by atoms with van der Waals surface area (Å²) in [7, 11) is -3.65. The molecular formula is C16H16N2O2S. The first-order valence-electron chi connectivity index (χ1n) is 6.59. The zero-order valence-electron chi connectivity index (χ0n) is 11.9. The standard InChI is InChI=1S/C16H16N2O2S/c1-3-13-5-4-6-15(10-13)18-21(19,20)16-8-7-14(11-17)12(2)9-16/h4-10,18H,3H2,1-2H3. The van der Waals surface area contributed by atoms with Crippen molar-refractivity contribution < 1.29 is 8.42 Å². The highest BCUT2D eigenvalue weighted by molar-refractivity contribution is 7.92. The average molecular weight is 300 g/mol. The molecule has 0 radical (unpaired) electrons. The van der Waals surface area contributed by atoms with E-state index < -0.39 is 10.0 Å². The van der Waals surface area contributed by atoms with Gasteiger partial charge in [-0.15, -0.1) is 0 Å². The van der Waals surface area contributed by atoms with Gasteiger partial charge in [0, 0.05) is 5.69 Å². The van der Waals surface area contributed by atoms with E-state index in [9.17, 15) is 8.42 Å². The van der Waals surface area contributed by atoms with Crippen LogP contribution in [0.25, 0.3) is 0 Å². The summed E-state index contributed by atoms with van der Waals surface area (Å²) in [5.41, 5.74) is 2.71. The number of nitrogens with one attached hydrogen (secondary N) is 1. The van der Waals surface area contributed by atoms with Crippen molar-refractivity contribution in [3.8, 4) is 6.07 Å². The Labute approximate surface area is 125 Å². The van der Waals surface area contributed by atoms with Gasteiger partial charge in [0.2, 0.25) is 0 Å². The molecule has 0 spiro atoms. The van der Waals surface area contributed by atoms with Gasteiger partial charge in [0.15, 0.2) is 0 Å². The molecule has 1 N–H and O–H groups in total. The molecule has 0 amide bonds. The van der Waals surface area contributed by atoms with Gasteiger partial charge in [0.25, 0.3) is 10.0 Å². The quantitative estimate of drug-likeness (QED) is 0.942. The van der Waals surface area contributed by atoms with Gasteiger partial charge in [-0.1, -0.05) is 19.1 Å². The number of rotatable bonds is 4. The smallest absolute Gasteiger partial charge is 0.261 e. The van der Waals surface area contributed by atoms with E-state index >= 15 is 0 Å². The first-order valence-corrected chi connectivity index (χ1v) is 8.07. The lowest BCUT2D eigenvalue weighted by molar-refractivity contribution is 0.601. The summed E-state index contributed by atoms with van der Waals surface area (Å²) in [5.74, 6) is 0. The van der Waals surface area contributed by atoms with Crippen LogP contribution in [-0.4, -0.2) is 8.42 Å². The zero-order valence-corrected chi connectivity index (χ0v) is 12.7. The molecule has 0 aliphatic rings. The predicted molar refractivity (Wildman–Crippen MR) is 82.5 cm³/mol. The maximum Gasteiger partial charge on any atom is 0.261 e. The van der Waals surface area contributed by atoms with E-state index in [-0.39, 0.29) is 4.90 Å². The van der Waals surface area contributed by atoms with Gasteiger partial charge in [-0.2, -0.15) is 5.26 Å². The van der Waals surface area contributed by atoms with E-state index in [2.05, 4.69) is 4.72 Å². The van der Waals surface area contributed by atoms with Gasteiger partial charge in [-0.3, -0.25) is 4.72 Å². The first kappa shape index (κ1) is 15.1. The van der Waals surface area contributed by atoms with Gasteiger partial charge in [-0.25, -0.2) is 8.42 Å². The summed E-state index contributed by atoms with van der Waals surface area (Å²) in [6, 6.07) is 13.8. The zero-order chi connectivity index (χ0) is 15.5. The van der Waals surface area contributed by atoms with Gasteiger partial charge in [0.1, 0.15) is 0 Å². The lowest BCUT2D eigenvalue weighted by Crippen LogP contribution is -2.13. The number of hydrogen-bond acceptors (Lipinski definition) is 3. The van der Waals surface area contributed by atoms with Crippen LogP contribution >= 0.6 is 0 Å². The maximum absolute atomic E-state index is 12.4. The molecule has 0 aliphatic carbocycles. The van der Waals surface area contributed by atoms with Crippen molar-refractivity contribution in [3.63, 3.8) is 0 Å². The molecule has 0 bridgehead atoms. The average Bonchev–Trinajstić information content (AvgIpc) is 2.47. The van der Waals surface area contributed by atoms with Crippen molar-refractivity contribution in [1.29, 1.82) is 5.26 Å². The topological polar surface area (TPSA) is 70.0 Å². The van der Waals surface area contributed by atoms with E-state index in [1.807, 2.05) is 31.2 Å². The summed E-state index contributed by atoms with van der Waals surface area (Å²) >= 11 is 0. The fourth-order valence-corrected chi connectivity index (χ4v) is 3.13. The minimum atomic E-state index is -3.65. The molecule has 21 heavy (non-hydrogen) atoms. The Morgan fingerprint density at radius 1 is 1.19 bits per heavy atom. The first-order chi connectivity index (χ1) is 9.96. The van der Waals surface area contributed by atoms with Crippen molar-refractivity contribution in [2.75, 3.05) is 4.72 Å². The summed E-state index contributed by atoms with van der Waals surface area (Å²) < 4.78 is 27.3. The molecule has 108 valence electrons. The second-order valence-electron chi connectivity index (χ2n) is 4.75. The number of nitrogens with zero attached hydrogens (tertiary/aromatic N) is 1. The van der Waals surface area contributed by atoms with Crippen LogP contribution in [0.3, 0.4) is 0 Å². The monoisotopic (exact) mass is 300 g/mol. The summed E-state index contributed by atoms with van der Waals surface area (Å²) in [6.45, 7) is 3.73. The molecule has 0 saturated carbocycles. The van der Waals surface area contributed by atoms with E-state index in [0.29, 0.717) is 16.8 Å². The molecular weight excluding hydrogens is 284 g/mol. The summed E-state index contributed by atoms with van der Waals surface area (Å²) in [6.07, 6.45) is 0.839. The van der Waals surface area contributed by atoms with E-state index in [4.69, 9.17) is 5.26 Å². The molecule has 0 unspecified atom stereocenters. The van der Waals surface area contributed by atoms with Crippen molar-refractivity contribution in [1.82, 2.24) is 0 Å². The Morgan fingerprint density at radius 3 is 2.57 bits per heavy atom. The number of nitriles is 1. The van der Waals surface area contributed by atoms with E-state index in [1.165, 1.54) is 18.2 Å². The van der Waals surface area contributed by atoms with Crippen LogP contribution in [0.15, 0.2) is 47.4 Å². The number of sulfonamides is 1. The molecule has 4 nitrogen and oxygen atoms in total. The van der Waals surface area contributed by atoms with Crippen LogP contribution in [0.4, 0.5) is 5.69 Å². The second-order valence-corrected chi connectivity index (χ2v) is 6.43. The highest BCUT2D eigenvalue weighted by atomic mass is 32.2. The Bertz CT molecular complexity index is 805. The minimum Gasteiger partial charge on any atom is -0.280 e. The lowest BCUT2D eigenvalue weighted by atomic mass is 10.1. The van der Waals surface area contributed by atoms with Gasteiger partial charge in [-0.05, 0) is 54.8 Å². The molecule has 2 aromatic carbocycles. The third kappa shape index (κ3) is 3.41. The molecule has 0 heterocycles. The Balaban J connectivity index is 2.34. The third-order valence-corrected chi connectivity index (χ3v) is 4.60. The molecule has 0 aliphatic heterocycles. The number of benzene rings is 2. The largest absolute Gasteiger partial charge is 0.280 e. The SMILES string of the molecule is CCc1cccc(NS(=O)(=O)c2ccc(C#N)c(C)c2)c1. The highest BCUT2D eigenvalue weighted by Gasteiger charge is 2.15. The minimum absolute atomic E-state index is 0.154. The summed E-state index contributed by atoms with van der Waals surface area (Å²) in [4.78, 5) is 0.154. The molecule has 2 aromatic rings. The van der Waals surface area contributed by atoms with Crippen molar-refractivity contribution in [3.05, 3.63) is 59.2 Å². The van der Waals surface area contributed by atoms with Crippen LogP contribution in [0, 0.1) is 18.3 Å². The summed E-state index contributed by atoms with van der Waals surface area (Å²) in [5, 5.41) is 8.89. The van der Waals surface area contributed by atoms with Crippen molar-refractivity contribution >= 4 is 15.7 Å². The van der Waals surface area contributed by atoms with Crippen LogP contribution in [-0.2, 0) is 16.4 Å². The molecule has 0 saturated heterocycles. The number of anilines is 1. The fourth-order valence-electron chi connectivity index (χ4n) is 2.00. The van der Waals surface area contributed by atoms with Crippen LogP contribution in [0.1, 0.15) is 23.6 Å². The van der Waals surface area contributed by atoms with E-state index in [1.54, 1.807) is 13.0 Å². The van der Waals surface area contributed by atoms with Crippen molar-refractivity contribution in [2.45, 2.75) is 25.2 Å². The molecule has 2 rings (SSSR count). The molecule has 0 fully saturated rings. The van der Waals surface area contributed by atoms with Gasteiger partial charge >= 0.3 is 0 Å². The second kappa shape index (κ2) is 5.98. The Morgan fingerprint density at radius 2 is 1.95 bits per heavy atom.